The van der Waals surface area contributed by atoms with Crippen LogP contribution in [0.25, 0.3) is 0 Å². The molecule has 2 unspecified atom stereocenters. The minimum Gasteiger partial charge on any atom is -0.494 e. The molecular formula is C33H39N3O6. The third-order valence-corrected chi connectivity index (χ3v) is 7.07. The standard InChI is InChI=1S/C33H39N3O6/c1-22(2)19-25(21-37)34-33(40)30-20-24-7-12-27(13-8-24)42-18-4-3-17-41-26-10-5-23(6-11-26)9-16-31(38)28-14-15-29(35-28)32(39)36-30/h5-8,10-15,21-22,25,30,35H,3-4,9,16-20H2,1-2H3,(H,34,40)(H,36,39). The maximum atomic E-state index is 13.3. The molecule has 42 heavy (non-hydrogen) atoms. The van der Waals surface area contributed by atoms with Crippen LogP contribution in [0, 0.1) is 5.92 Å². The number of hydrogen-bond acceptors (Lipinski definition) is 6. The van der Waals surface area contributed by atoms with Crippen molar-refractivity contribution in [2.24, 2.45) is 5.92 Å². The minimum atomic E-state index is -0.949. The zero-order valence-corrected chi connectivity index (χ0v) is 24.2. The Morgan fingerprint density at radius 2 is 1.48 bits per heavy atom. The third kappa shape index (κ3) is 9.06. The molecule has 2 aromatic carbocycles. The molecule has 0 spiro atoms. The molecule has 9 heteroatoms. The van der Waals surface area contributed by atoms with E-state index in [2.05, 4.69) is 15.6 Å². The van der Waals surface area contributed by atoms with E-state index in [-0.39, 0.29) is 30.2 Å². The molecule has 6 bridgehead atoms. The number of hydrogen-bond donors (Lipinski definition) is 3. The Bertz CT molecular complexity index is 1350. The van der Waals surface area contributed by atoms with Crippen molar-refractivity contribution < 1.29 is 28.7 Å². The van der Waals surface area contributed by atoms with E-state index in [1.807, 2.05) is 62.4 Å². The van der Waals surface area contributed by atoms with Crippen LogP contribution >= 0.6 is 0 Å². The predicted octanol–water partition coefficient (Wildman–Crippen LogP) is 4.45. The number of amides is 2. The van der Waals surface area contributed by atoms with Crippen LogP contribution in [0.1, 0.15) is 71.6 Å². The largest absolute Gasteiger partial charge is 0.494 e. The van der Waals surface area contributed by atoms with Crippen LogP contribution in [0.15, 0.2) is 60.7 Å². The van der Waals surface area contributed by atoms with Crippen LogP contribution in [0.3, 0.4) is 0 Å². The smallest absolute Gasteiger partial charge is 0.268 e. The molecule has 1 aromatic heterocycles. The van der Waals surface area contributed by atoms with Gasteiger partial charge in [-0.1, -0.05) is 38.1 Å². The Labute approximate surface area is 246 Å². The summed E-state index contributed by atoms with van der Waals surface area (Å²) in [4.78, 5) is 53.9. The van der Waals surface area contributed by atoms with Gasteiger partial charge in [-0.05, 0) is 79.1 Å². The molecule has 4 aliphatic heterocycles. The first-order chi connectivity index (χ1) is 20.3. The first kappa shape index (κ1) is 30.6. The number of Topliss-reactive ketones (excluding diaryl/α,β-unsaturated/α-hetero) is 1. The minimum absolute atomic E-state index is 0.122. The molecule has 0 saturated carbocycles. The van der Waals surface area contributed by atoms with Gasteiger partial charge in [0.1, 0.15) is 29.5 Å². The van der Waals surface area contributed by atoms with E-state index in [4.69, 9.17) is 9.47 Å². The van der Waals surface area contributed by atoms with Crippen LogP contribution in [0.2, 0.25) is 0 Å². The molecular weight excluding hydrogens is 534 g/mol. The van der Waals surface area contributed by atoms with E-state index < -0.39 is 23.9 Å². The molecule has 5 heterocycles. The monoisotopic (exact) mass is 573 g/mol. The maximum absolute atomic E-state index is 13.3. The average molecular weight is 574 g/mol. The Morgan fingerprint density at radius 3 is 2.07 bits per heavy atom. The second-order valence-corrected chi connectivity index (χ2v) is 11.0. The number of benzene rings is 2. The van der Waals surface area contributed by atoms with E-state index in [9.17, 15) is 19.2 Å². The number of H-pyrrole nitrogens is 1. The van der Waals surface area contributed by atoms with Crippen LogP contribution in [-0.4, -0.2) is 54.2 Å². The number of ether oxygens (including phenoxy) is 2. The molecule has 222 valence electrons. The van der Waals surface area contributed by atoms with Crippen molar-refractivity contribution >= 4 is 23.9 Å². The molecule has 9 nitrogen and oxygen atoms in total. The zero-order valence-electron chi connectivity index (χ0n) is 24.2. The van der Waals surface area contributed by atoms with Crippen molar-refractivity contribution in [2.75, 3.05) is 13.2 Å². The Morgan fingerprint density at radius 1 is 0.881 bits per heavy atom. The lowest BCUT2D eigenvalue weighted by Gasteiger charge is -2.22. The van der Waals surface area contributed by atoms with Gasteiger partial charge < -0.3 is 29.9 Å². The number of ketones is 1. The molecule has 0 radical (unpaired) electrons. The molecule has 4 aliphatic rings. The second-order valence-electron chi connectivity index (χ2n) is 11.0. The molecule has 3 N–H and O–H groups in total. The van der Waals surface area contributed by atoms with Gasteiger partial charge in [0.25, 0.3) is 5.91 Å². The van der Waals surface area contributed by atoms with Crippen molar-refractivity contribution in [1.82, 2.24) is 15.6 Å². The van der Waals surface area contributed by atoms with Gasteiger partial charge in [0.2, 0.25) is 5.91 Å². The zero-order chi connectivity index (χ0) is 29.9. The van der Waals surface area contributed by atoms with Gasteiger partial charge in [-0.15, -0.1) is 0 Å². The molecule has 7 rings (SSSR count). The van der Waals surface area contributed by atoms with E-state index in [1.165, 1.54) is 6.07 Å². The average Bonchev–Trinajstić information content (AvgIpc) is 3.48. The second kappa shape index (κ2) is 15.0. The van der Waals surface area contributed by atoms with Gasteiger partial charge in [0.05, 0.1) is 24.9 Å². The number of carbonyl (C=O) groups is 4. The maximum Gasteiger partial charge on any atom is 0.268 e. The Hall–Kier alpha value is -4.40. The molecule has 0 fully saturated rings. The summed E-state index contributed by atoms with van der Waals surface area (Å²) in [6, 6.07) is 16.6. The SMILES string of the molecule is CC(C)CC(C=O)NC(=O)C1Cc2ccc(cc2)OCCCCOc2ccc(cc2)CCC(=O)c2ccc([nH]2)C(=O)N1. The number of nitrogens with one attached hydrogen (secondary N) is 3. The summed E-state index contributed by atoms with van der Waals surface area (Å²) in [5, 5.41) is 5.56. The van der Waals surface area contributed by atoms with Gasteiger partial charge in [0, 0.05) is 12.8 Å². The summed E-state index contributed by atoms with van der Waals surface area (Å²) < 4.78 is 11.7. The summed E-state index contributed by atoms with van der Waals surface area (Å²) in [6.45, 7) is 5.05. The molecule has 0 aliphatic carbocycles. The van der Waals surface area contributed by atoms with Gasteiger partial charge in [0.15, 0.2) is 5.78 Å². The Balaban J connectivity index is 1.54. The van der Waals surface area contributed by atoms with Crippen LogP contribution in [-0.2, 0) is 22.4 Å². The molecule has 0 saturated heterocycles. The number of carbonyl (C=O) groups excluding carboxylic acids is 4. The van der Waals surface area contributed by atoms with Crippen molar-refractivity contribution in [1.29, 1.82) is 0 Å². The lowest BCUT2D eigenvalue weighted by Crippen LogP contribution is -2.51. The fraction of sp³-hybridized carbons (Fsp3) is 0.394. The van der Waals surface area contributed by atoms with Crippen molar-refractivity contribution in [3.63, 3.8) is 0 Å². The van der Waals surface area contributed by atoms with Crippen LogP contribution < -0.4 is 20.1 Å². The highest BCUT2D eigenvalue weighted by Gasteiger charge is 2.25. The quantitative estimate of drug-likeness (QED) is 0.387. The lowest BCUT2D eigenvalue weighted by atomic mass is 10.0. The third-order valence-electron chi connectivity index (χ3n) is 7.07. The van der Waals surface area contributed by atoms with Gasteiger partial charge in [-0.2, -0.15) is 0 Å². The van der Waals surface area contributed by atoms with E-state index >= 15 is 0 Å². The van der Waals surface area contributed by atoms with Crippen molar-refractivity contribution in [2.45, 2.75) is 64.5 Å². The lowest BCUT2D eigenvalue weighted by molar-refractivity contribution is -0.125. The summed E-state index contributed by atoms with van der Waals surface area (Å²) in [5.74, 6) is 0.583. The summed E-state index contributed by atoms with van der Waals surface area (Å²) in [5.41, 5.74) is 2.31. The van der Waals surface area contributed by atoms with E-state index in [0.29, 0.717) is 37.5 Å². The highest BCUT2D eigenvalue weighted by Crippen LogP contribution is 2.17. The number of aryl methyl sites for hydroxylation is 1. The van der Waals surface area contributed by atoms with Crippen molar-refractivity contribution in [3.05, 3.63) is 83.2 Å². The first-order valence-electron chi connectivity index (χ1n) is 14.5. The summed E-state index contributed by atoms with van der Waals surface area (Å²) in [6.07, 6.45) is 3.88. The molecule has 3 aromatic rings. The number of aldehydes is 1. The summed E-state index contributed by atoms with van der Waals surface area (Å²) >= 11 is 0. The predicted molar refractivity (Wildman–Crippen MR) is 159 cm³/mol. The highest BCUT2D eigenvalue weighted by atomic mass is 16.5. The molecule has 2 amide bonds. The topological polar surface area (TPSA) is 127 Å². The van der Waals surface area contributed by atoms with Gasteiger partial charge >= 0.3 is 0 Å². The van der Waals surface area contributed by atoms with Crippen molar-refractivity contribution in [3.8, 4) is 11.5 Å². The van der Waals surface area contributed by atoms with Crippen LogP contribution in [0.5, 0.6) is 11.5 Å². The Kier molecular flexibility index (Phi) is 10.9. The normalized spacial score (nSPS) is 17.5. The van der Waals surface area contributed by atoms with E-state index in [1.54, 1.807) is 6.07 Å². The molecule has 2 atom stereocenters. The van der Waals surface area contributed by atoms with Crippen LogP contribution in [0.4, 0.5) is 0 Å². The number of aromatic nitrogens is 1. The van der Waals surface area contributed by atoms with Gasteiger partial charge in [-0.3, -0.25) is 14.4 Å². The first-order valence-corrected chi connectivity index (χ1v) is 14.5. The highest BCUT2D eigenvalue weighted by molar-refractivity contribution is 6.00. The fourth-order valence-corrected chi connectivity index (χ4v) is 4.76. The number of aromatic amines is 1. The van der Waals surface area contributed by atoms with E-state index in [0.717, 1.165) is 36.0 Å². The van der Waals surface area contributed by atoms with Gasteiger partial charge in [-0.25, -0.2) is 0 Å². The number of rotatable bonds is 5. The fourth-order valence-electron chi connectivity index (χ4n) is 4.76. The summed E-state index contributed by atoms with van der Waals surface area (Å²) in [7, 11) is 0.